The highest BCUT2D eigenvalue weighted by molar-refractivity contribution is 5.37. The van der Waals surface area contributed by atoms with E-state index in [1.807, 2.05) is 0 Å². The van der Waals surface area contributed by atoms with Crippen LogP contribution in [0, 0.1) is 0 Å². The summed E-state index contributed by atoms with van der Waals surface area (Å²) in [6.45, 7) is 3.73. The van der Waals surface area contributed by atoms with Gasteiger partial charge in [0.15, 0.2) is 0 Å². The minimum atomic E-state index is -0.927. The normalized spacial score (nSPS) is 11.7. The van der Waals surface area contributed by atoms with Crippen molar-refractivity contribution in [3.8, 4) is 5.75 Å². The molecule has 0 spiro atoms. The molecule has 0 bridgehead atoms. The zero-order valence-corrected chi connectivity index (χ0v) is 8.74. The minimum Gasteiger partial charge on any atom is -0.508 e. The number of ether oxygens (including phenoxy) is 1. The summed E-state index contributed by atoms with van der Waals surface area (Å²) in [5.41, 5.74) is 0.485. The van der Waals surface area contributed by atoms with Crippen LogP contribution in [0.15, 0.2) is 18.2 Å². The van der Waals surface area contributed by atoms with Crippen LogP contribution in [-0.4, -0.2) is 17.3 Å². The predicted octanol–water partition coefficient (Wildman–Crippen LogP) is 1.77. The van der Waals surface area contributed by atoms with E-state index in [-0.39, 0.29) is 5.75 Å². The molecule has 0 fully saturated rings. The molecule has 78 valence electrons. The molecule has 0 aliphatic carbocycles. The molecular weight excluding hydrogens is 180 g/mol. The van der Waals surface area contributed by atoms with Crippen LogP contribution in [0.2, 0.25) is 0 Å². The molecule has 3 nitrogen and oxygen atoms in total. The maximum atomic E-state index is 9.69. The van der Waals surface area contributed by atoms with E-state index in [0.717, 1.165) is 5.56 Å². The number of phenols is 1. The van der Waals surface area contributed by atoms with Gasteiger partial charge in [0.05, 0.1) is 12.2 Å². The van der Waals surface area contributed by atoms with Crippen LogP contribution < -0.4 is 0 Å². The molecule has 0 atom stereocenters. The minimum absolute atomic E-state index is 0.159. The van der Waals surface area contributed by atoms with Crippen LogP contribution in [-0.2, 0) is 16.9 Å². The van der Waals surface area contributed by atoms with Gasteiger partial charge in [0, 0.05) is 12.7 Å². The van der Waals surface area contributed by atoms with E-state index in [1.165, 1.54) is 0 Å². The van der Waals surface area contributed by atoms with Crippen LogP contribution in [0.4, 0.5) is 0 Å². The maximum Gasteiger partial charge on any atom is 0.121 e. The van der Waals surface area contributed by atoms with Crippen LogP contribution in [0.1, 0.15) is 25.0 Å². The first-order valence-electron chi connectivity index (χ1n) is 4.49. The van der Waals surface area contributed by atoms with Gasteiger partial charge in [-0.3, -0.25) is 0 Å². The molecule has 0 saturated carbocycles. The van der Waals surface area contributed by atoms with Crippen molar-refractivity contribution >= 4 is 0 Å². The third-order valence-electron chi connectivity index (χ3n) is 2.09. The fourth-order valence-electron chi connectivity index (χ4n) is 1.22. The Morgan fingerprint density at radius 2 is 2.00 bits per heavy atom. The van der Waals surface area contributed by atoms with Crippen molar-refractivity contribution in [3.05, 3.63) is 29.3 Å². The number of aromatic hydroxyl groups is 1. The molecule has 0 heterocycles. The summed E-state index contributed by atoms with van der Waals surface area (Å²) in [4.78, 5) is 0. The van der Waals surface area contributed by atoms with Gasteiger partial charge in [-0.1, -0.05) is 12.1 Å². The van der Waals surface area contributed by atoms with Gasteiger partial charge in [-0.25, -0.2) is 0 Å². The number of phenolic OH excluding ortho intramolecular Hbond substituents is 1. The average Bonchev–Trinajstić information content (AvgIpc) is 2.07. The Balaban J connectivity index is 3.01. The number of aliphatic hydroxyl groups is 1. The number of hydrogen-bond donors (Lipinski definition) is 2. The quantitative estimate of drug-likeness (QED) is 0.774. The van der Waals surface area contributed by atoms with Gasteiger partial charge in [-0.2, -0.15) is 0 Å². The second-order valence-electron chi connectivity index (χ2n) is 3.84. The monoisotopic (exact) mass is 196 g/mol. The topological polar surface area (TPSA) is 49.7 Å². The second kappa shape index (κ2) is 3.98. The summed E-state index contributed by atoms with van der Waals surface area (Å²) in [6, 6.07) is 5.11. The number of rotatable bonds is 3. The highest BCUT2D eigenvalue weighted by Crippen LogP contribution is 2.26. The van der Waals surface area contributed by atoms with Crippen molar-refractivity contribution in [1.82, 2.24) is 0 Å². The zero-order chi connectivity index (χ0) is 10.8. The Morgan fingerprint density at radius 1 is 1.36 bits per heavy atom. The summed E-state index contributed by atoms with van der Waals surface area (Å²) in [5.74, 6) is 0.159. The smallest absolute Gasteiger partial charge is 0.121 e. The third kappa shape index (κ3) is 2.47. The number of benzene rings is 1. The van der Waals surface area contributed by atoms with E-state index in [2.05, 4.69) is 0 Å². The molecule has 2 N–H and O–H groups in total. The molecule has 0 saturated heterocycles. The van der Waals surface area contributed by atoms with Crippen molar-refractivity contribution in [2.75, 3.05) is 7.11 Å². The zero-order valence-electron chi connectivity index (χ0n) is 8.74. The lowest BCUT2D eigenvalue weighted by molar-refractivity contribution is 0.0782. The Morgan fingerprint density at radius 3 is 2.43 bits per heavy atom. The molecule has 14 heavy (non-hydrogen) atoms. The maximum absolute atomic E-state index is 9.69. The lowest BCUT2D eigenvalue weighted by Crippen LogP contribution is -2.15. The van der Waals surface area contributed by atoms with E-state index in [0.29, 0.717) is 12.2 Å². The molecule has 0 amide bonds. The van der Waals surface area contributed by atoms with Crippen LogP contribution >= 0.6 is 0 Å². The Labute approximate surface area is 84.0 Å². The van der Waals surface area contributed by atoms with Gasteiger partial charge >= 0.3 is 0 Å². The van der Waals surface area contributed by atoms with Crippen LogP contribution in [0.25, 0.3) is 0 Å². The standard InChI is InChI=1S/C11H16O3/c1-11(2,13)9-5-4-8(7-14-3)10(12)6-9/h4-6,12-13H,7H2,1-3H3. The van der Waals surface area contributed by atoms with Crippen molar-refractivity contribution in [2.45, 2.75) is 26.1 Å². The average molecular weight is 196 g/mol. The highest BCUT2D eigenvalue weighted by atomic mass is 16.5. The van der Waals surface area contributed by atoms with Gasteiger partial charge in [-0.15, -0.1) is 0 Å². The molecule has 0 aliphatic rings. The Hall–Kier alpha value is -1.06. The molecule has 1 aromatic rings. The molecule has 0 aromatic heterocycles. The SMILES string of the molecule is COCc1ccc(C(C)(C)O)cc1O. The largest absolute Gasteiger partial charge is 0.508 e. The van der Waals surface area contributed by atoms with Gasteiger partial charge in [-0.05, 0) is 25.5 Å². The van der Waals surface area contributed by atoms with E-state index in [4.69, 9.17) is 4.74 Å². The van der Waals surface area contributed by atoms with E-state index < -0.39 is 5.60 Å². The van der Waals surface area contributed by atoms with E-state index in [1.54, 1.807) is 39.2 Å². The molecule has 0 unspecified atom stereocenters. The lowest BCUT2D eigenvalue weighted by Gasteiger charge is -2.18. The molecule has 1 aromatic carbocycles. The van der Waals surface area contributed by atoms with Crippen molar-refractivity contribution in [2.24, 2.45) is 0 Å². The third-order valence-corrected chi connectivity index (χ3v) is 2.09. The van der Waals surface area contributed by atoms with E-state index >= 15 is 0 Å². The summed E-state index contributed by atoms with van der Waals surface area (Å²) in [5, 5.41) is 19.3. The molecule has 1 rings (SSSR count). The molecule has 0 aliphatic heterocycles. The Bertz CT molecular complexity index is 313. The second-order valence-corrected chi connectivity index (χ2v) is 3.84. The molecular formula is C11H16O3. The first kappa shape index (κ1) is 11.0. The first-order valence-corrected chi connectivity index (χ1v) is 4.49. The van der Waals surface area contributed by atoms with E-state index in [9.17, 15) is 10.2 Å². The highest BCUT2D eigenvalue weighted by Gasteiger charge is 2.17. The summed E-state index contributed by atoms with van der Waals surface area (Å²) < 4.78 is 4.91. The van der Waals surface area contributed by atoms with Crippen molar-refractivity contribution in [3.63, 3.8) is 0 Å². The van der Waals surface area contributed by atoms with Crippen LogP contribution in [0.5, 0.6) is 5.75 Å². The van der Waals surface area contributed by atoms with Gasteiger partial charge in [0.1, 0.15) is 5.75 Å². The van der Waals surface area contributed by atoms with Crippen LogP contribution in [0.3, 0.4) is 0 Å². The lowest BCUT2D eigenvalue weighted by atomic mass is 9.97. The fourth-order valence-corrected chi connectivity index (χ4v) is 1.22. The number of methoxy groups -OCH3 is 1. The van der Waals surface area contributed by atoms with Gasteiger partial charge in [0.25, 0.3) is 0 Å². The van der Waals surface area contributed by atoms with Gasteiger partial charge < -0.3 is 14.9 Å². The van der Waals surface area contributed by atoms with Crippen molar-refractivity contribution < 1.29 is 14.9 Å². The number of hydrogen-bond acceptors (Lipinski definition) is 3. The Kier molecular flexibility index (Phi) is 3.13. The fraction of sp³-hybridized carbons (Fsp3) is 0.455. The van der Waals surface area contributed by atoms with Gasteiger partial charge in [0.2, 0.25) is 0 Å². The first-order chi connectivity index (χ1) is 6.45. The van der Waals surface area contributed by atoms with Crippen molar-refractivity contribution in [1.29, 1.82) is 0 Å². The predicted molar refractivity (Wildman–Crippen MR) is 54.1 cm³/mol. The molecule has 3 heteroatoms. The molecule has 0 radical (unpaired) electrons. The summed E-state index contributed by atoms with van der Waals surface area (Å²) >= 11 is 0. The summed E-state index contributed by atoms with van der Waals surface area (Å²) in [6.07, 6.45) is 0. The summed E-state index contributed by atoms with van der Waals surface area (Å²) in [7, 11) is 1.57.